The minimum atomic E-state index is -0.464. The predicted molar refractivity (Wildman–Crippen MR) is 81.1 cm³/mol. The largest absolute Gasteiger partial charge is 0.493 e. The molecule has 1 heterocycles. The van der Waals surface area contributed by atoms with Crippen LogP contribution >= 0.6 is 0 Å². The predicted octanol–water partition coefficient (Wildman–Crippen LogP) is 1.62. The Hall–Kier alpha value is -2.89. The minimum absolute atomic E-state index is 0.135. The lowest BCUT2D eigenvalue weighted by Gasteiger charge is -2.08. The lowest BCUT2D eigenvalue weighted by Crippen LogP contribution is -2.42. The Morgan fingerprint density at radius 3 is 2.73 bits per heavy atom. The number of hydrazine groups is 1. The van der Waals surface area contributed by atoms with Gasteiger partial charge in [0.25, 0.3) is 5.91 Å². The van der Waals surface area contributed by atoms with Crippen molar-refractivity contribution in [3.05, 3.63) is 59.9 Å². The highest BCUT2D eigenvalue weighted by molar-refractivity contribution is 5.93. The van der Waals surface area contributed by atoms with Gasteiger partial charge in [-0.05, 0) is 36.8 Å². The second-order valence-electron chi connectivity index (χ2n) is 4.63. The summed E-state index contributed by atoms with van der Waals surface area (Å²) in [4.78, 5) is 27.2. The summed E-state index contributed by atoms with van der Waals surface area (Å²) in [5, 5.41) is 0. The molecule has 2 N–H and O–H groups in total. The number of ether oxygens (including phenoxy) is 1. The highest BCUT2D eigenvalue weighted by atomic mass is 16.5. The number of nitrogens with one attached hydrogen (secondary N) is 2. The lowest BCUT2D eigenvalue weighted by molar-refractivity contribution is -0.122. The number of carbonyl (C=O) groups excluding carboxylic acids is 2. The van der Waals surface area contributed by atoms with E-state index in [9.17, 15) is 9.59 Å². The summed E-state index contributed by atoms with van der Waals surface area (Å²) >= 11 is 0. The summed E-state index contributed by atoms with van der Waals surface area (Å²) in [5.41, 5.74) is 5.94. The van der Waals surface area contributed by atoms with Crippen molar-refractivity contribution >= 4 is 11.8 Å². The van der Waals surface area contributed by atoms with Gasteiger partial charge in [-0.1, -0.05) is 18.2 Å². The van der Waals surface area contributed by atoms with Crippen molar-refractivity contribution in [2.24, 2.45) is 0 Å². The molecule has 0 spiro atoms. The summed E-state index contributed by atoms with van der Waals surface area (Å²) < 4.78 is 5.46. The number of hydrogen-bond acceptors (Lipinski definition) is 4. The van der Waals surface area contributed by atoms with E-state index in [1.54, 1.807) is 18.2 Å². The average Bonchev–Trinajstić information content (AvgIpc) is 2.53. The quantitative estimate of drug-likeness (QED) is 0.822. The number of benzene rings is 1. The van der Waals surface area contributed by atoms with Gasteiger partial charge in [-0.3, -0.25) is 25.4 Å². The number of aryl methyl sites for hydroxylation is 1. The number of carbonyl (C=O) groups is 2. The van der Waals surface area contributed by atoms with E-state index in [1.165, 1.54) is 6.20 Å². The van der Waals surface area contributed by atoms with Crippen molar-refractivity contribution in [1.29, 1.82) is 0 Å². The van der Waals surface area contributed by atoms with Crippen LogP contribution in [-0.2, 0) is 4.79 Å². The van der Waals surface area contributed by atoms with Crippen LogP contribution in [0.1, 0.15) is 22.5 Å². The van der Waals surface area contributed by atoms with E-state index in [1.807, 2.05) is 31.2 Å². The second kappa shape index (κ2) is 7.78. The fraction of sp³-hybridized carbons (Fsp3) is 0.188. The van der Waals surface area contributed by atoms with Crippen molar-refractivity contribution < 1.29 is 14.3 Å². The zero-order valence-electron chi connectivity index (χ0n) is 12.2. The van der Waals surface area contributed by atoms with Crippen molar-refractivity contribution in [3.8, 4) is 5.75 Å². The van der Waals surface area contributed by atoms with Gasteiger partial charge in [-0.25, -0.2) is 0 Å². The number of hydrogen-bond donors (Lipinski definition) is 2. The van der Waals surface area contributed by atoms with Gasteiger partial charge in [-0.15, -0.1) is 0 Å². The number of pyridine rings is 1. The normalized spacial score (nSPS) is 9.86. The van der Waals surface area contributed by atoms with Crippen LogP contribution in [0.2, 0.25) is 0 Å². The molecule has 22 heavy (non-hydrogen) atoms. The summed E-state index contributed by atoms with van der Waals surface area (Å²) in [6.45, 7) is 2.20. The molecular weight excluding hydrogens is 282 g/mol. The standard InChI is InChI=1S/C16H17N3O3/c1-12-5-4-6-13(11-12)22-10-8-15(20)18-19-16(21)14-7-2-3-9-17-14/h2-7,9,11H,8,10H2,1H3,(H,18,20)(H,19,21). The van der Waals surface area contributed by atoms with Gasteiger partial charge in [0.05, 0.1) is 13.0 Å². The van der Waals surface area contributed by atoms with Crippen LogP contribution in [0.25, 0.3) is 0 Å². The van der Waals surface area contributed by atoms with Crippen molar-refractivity contribution in [3.63, 3.8) is 0 Å². The SMILES string of the molecule is Cc1cccc(OCCC(=O)NNC(=O)c2ccccn2)c1. The van der Waals surface area contributed by atoms with E-state index in [2.05, 4.69) is 15.8 Å². The van der Waals surface area contributed by atoms with Crippen LogP contribution < -0.4 is 15.6 Å². The first-order valence-electron chi connectivity index (χ1n) is 6.85. The lowest BCUT2D eigenvalue weighted by atomic mass is 10.2. The maximum absolute atomic E-state index is 11.7. The van der Waals surface area contributed by atoms with E-state index >= 15 is 0 Å². The number of nitrogens with zero attached hydrogens (tertiary/aromatic N) is 1. The van der Waals surface area contributed by atoms with E-state index in [-0.39, 0.29) is 24.6 Å². The zero-order chi connectivity index (χ0) is 15.8. The van der Waals surface area contributed by atoms with Gasteiger partial charge < -0.3 is 4.74 Å². The molecule has 0 aliphatic heterocycles. The van der Waals surface area contributed by atoms with Gasteiger partial charge in [0.1, 0.15) is 11.4 Å². The first-order valence-corrected chi connectivity index (χ1v) is 6.85. The molecule has 0 bridgehead atoms. The van der Waals surface area contributed by atoms with Crippen LogP contribution in [-0.4, -0.2) is 23.4 Å². The molecule has 0 unspecified atom stereocenters. The highest BCUT2D eigenvalue weighted by Crippen LogP contribution is 2.12. The third-order valence-electron chi connectivity index (χ3n) is 2.80. The average molecular weight is 299 g/mol. The van der Waals surface area contributed by atoms with Crippen molar-refractivity contribution in [2.45, 2.75) is 13.3 Å². The van der Waals surface area contributed by atoms with Crippen LogP contribution in [0.3, 0.4) is 0 Å². The molecule has 0 saturated heterocycles. The van der Waals surface area contributed by atoms with Gasteiger partial charge in [0.15, 0.2) is 0 Å². The molecule has 2 amide bonds. The third-order valence-corrected chi connectivity index (χ3v) is 2.80. The first kappa shape index (κ1) is 15.5. The molecule has 2 aromatic rings. The number of aromatic nitrogens is 1. The van der Waals surface area contributed by atoms with E-state index in [0.717, 1.165) is 5.56 Å². The maximum atomic E-state index is 11.7. The summed E-state index contributed by atoms with van der Waals surface area (Å²) in [6, 6.07) is 12.5. The van der Waals surface area contributed by atoms with E-state index < -0.39 is 5.91 Å². The fourth-order valence-corrected chi connectivity index (χ4v) is 1.72. The maximum Gasteiger partial charge on any atom is 0.288 e. The fourth-order valence-electron chi connectivity index (χ4n) is 1.72. The number of rotatable bonds is 5. The third kappa shape index (κ3) is 4.90. The zero-order valence-corrected chi connectivity index (χ0v) is 12.2. The molecule has 1 aromatic heterocycles. The molecule has 0 atom stereocenters. The Bertz CT molecular complexity index is 644. The van der Waals surface area contributed by atoms with Gasteiger partial charge in [-0.2, -0.15) is 0 Å². The molecule has 6 heteroatoms. The second-order valence-corrected chi connectivity index (χ2v) is 4.63. The topological polar surface area (TPSA) is 80.3 Å². The molecule has 0 aliphatic rings. The molecule has 1 aromatic carbocycles. The van der Waals surface area contributed by atoms with E-state index in [0.29, 0.717) is 5.75 Å². The van der Waals surface area contributed by atoms with Crippen LogP contribution in [0.5, 0.6) is 5.75 Å². The monoisotopic (exact) mass is 299 g/mol. The molecule has 114 valence electrons. The van der Waals surface area contributed by atoms with Crippen molar-refractivity contribution in [2.75, 3.05) is 6.61 Å². The summed E-state index contributed by atoms with van der Waals surface area (Å²) in [7, 11) is 0. The first-order chi connectivity index (χ1) is 10.6. The van der Waals surface area contributed by atoms with Gasteiger partial charge >= 0.3 is 0 Å². The molecule has 0 saturated carbocycles. The Kier molecular flexibility index (Phi) is 5.48. The highest BCUT2D eigenvalue weighted by Gasteiger charge is 2.08. The molecule has 0 aliphatic carbocycles. The van der Waals surface area contributed by atoms with E-state index in [4.69, 9.17) is 4.74 Å². The van der Waals surface area contributed by atoms with Crippen LogP contribution in [0, 0.1) is 6.92 Å². The molecule has 0 radical (unpaired) electrons. The Balaban J connectivity index is 1.69. The Labute approximate surface area is 128 Å². The molecular formula is C16H17N3O3. The number of amides is 2. The summed E-state index contributed by atoms with van der Waals surface area (Å²) in [5.74, 6) is -0.0872. The van der Waals surface area contributed by atoms with Crippen LogP contribution in [0.15, 0.2) is 48.7 Å². The molecule has 2 rings (SSSR count). The smallest absolute Gasteiger partial charge is 0.288 e. The minimum Gasteiger partial charge on any atom is -0.493 e. The Morgan fingerprint density at radius 2 is 2.00 bits per heavy atom. The van der Waals surface area contributed by atoms with Gasteiger partial charge in [0.2, 0.25) is 5.91 Å². The molecule has 6 nitrogen and oxygen atoms in total. The molecule has 0 fully saturated rings. The van der Waals surface area contributed by atoms with Crippen molar-refractivity contribution in [1.82, 2.24) is 15.8 Å². The van der Waals surface area contributed by atoms with Crippen LogP contribution in [0.4, 0.5) is 0 Å². The Morgan fingerprint density at radius 1 is 1.14 bits per heavy atom. The summed E-state index contributed by atoms with van der Waals surface area (Å²) in [6.07, 6.45) is 1.64. The van der Waals surface area contributed by atoms with Gasteiger partial charge in [0, 0.05) is 6.20 Å².